The van der Waals surface area contributed by atoms with Gasteiger partial charge in [-0.1, -0.05) is 91.0 Å². The topological polar surface area (TPSA) is 75.2 Å². The monoisotopic (exact) mass is 505 g/mol. The minimum Gasteiger partial charge on any atom is -0.376 e. The van der Waals surface area contributed by atoms with Crippen LogP contribution in [0.25, 0.3) is 0 Å². The summed E-state index contributed by atoms with van der Waals surface area (Å²) in [5, 5.41) is 2.88. The third-order valence-electron chi connectivity index (χ3n) is 6.80. The molecule has 1 amide bonds. The number of amides is 1. The second-order valence-electron chi connectivity index (χ2n) is 9.00. The Labute approximate surface area is 218 Å². The highest BCUT2D eigenvalue weighted by molar-refractivity contribution is 5.73. The normalized spacial score (nSPS) is 23.9. The van der Waals surface area contributed by atoms with Crippen LogP contribution >= 0.6 is 0 Å². The molecule has 196 valence electrons. The molecule has 0 saturated carbocycles. The first-order chi connectivity index (χ1) is 18.0. The molecular formula is C30H35NO6. The van der Waals surface area contributed by atoms with Crippen LogP contribution in [0.2, 0.25) is 0 Å². The minimum absolute atomic E-state index is 0.170. The molecule has 1 aliphatic heterocycles. The average molecular weight is 506 g/mol. The summed E-state index contributed by atoms with van der Waals surface area (Å²) < 4.78 is 30.6. The second-order valence-corrected chi connectivity index (χ2v) is 9.00. The van der Waals surface area contributed by atoms with Crippen LogP contribution in [0.4, 0.5) is 0 Å². The summed E-state index contributed by atoms with van der Waals surface area (Å²) in [6, 6.07) is 29.9. The highest BCUT2D eigenvalue weighted by Gasteiger charge is 2.49. The Morgan fingerprint density at radius 2 is 1.22 bits per heavy atom. The third-order valence-corrected chi connectivity index (χ3v) is 6.80. The molecule has 37 heavy (non-hydrogen) atoms. The molecule has 4 rings (SSSR count). The lowest BCUT2D eigenvalue weighted by Crippen LogP contribution is -2.65. The quantitative estimate of drug-likeness (QED) is 0.421. The molecule has 0 spiro atoms. The van der Waals surface area contributed by atoms with E-state index < -0.39 is 36.2 Å². The van der Waals surface area contributed by atoms with E-state index >= 15 is 0 Å². The van der Waals surface area contributed by atoms with Crippen LogP contribution in [0.5, 0.6) is 0 Å². The van der Waals surface area contributed by atoms with Crippen molar-refractivity contribution in [2.45, 2.75) is 43.2 Å². The van der Waals surface area contributed by atoms with Gasteiger partial charge in [0, 0.05) is 28.3 Å². The van der Waals surface area contributed by atoms with Crippen LogP contribution in [0.15, 0.2) is 91.0 Å². The van der Waals surface area contributed by atoms with Gasteiger partial charge in [-0.15, -0.1) is 0 Å². The summed E-state index contributed by atoms with van der Waals surface area (Å²) in [4.78, 5) is 11.9. The predicted molar refractivity (Wildman–Crippen MR) is 140 cm³/mol. The third kappa shape index (κ3) is 5.61. The number of methoxy groups -OCH3 is 3. The van der Waals surface area contributed by atoms with Gasteiger partial charge in [-0.05, 0) is 16.7 Å². The van der Waals surface area contributed by atoms with Gasteiger partial charge in [0.25, 0.3) is 0 Å². The largest absolute Gasteiger partial charge is 0.376 e. The van der Waals surface area contributed by atoms with Crippen molar-refractivity contribution in [2.24, 2.45) is 0 Å². The van der Waals surface area contributed by atoms with Crippen molar-refractivity contribution in [3.05, 3.63) is 108 Å². The maximum Gasteiger partial charge on any atom is 0.217 e. The number of carbonyl (C=O) groups is 1. The van der Waals surface area contributed by atoms with E-state index in [9.17, 15) is 4.79 Å². The number of ether oxygens (including phenoxy) is 5. The number of carbonyl (C=O) groups excluding carboxylic acids is 1. The van der Waals surface area contributed by atoms with Crippen LogP contribution in [-0.4, -0.2) is 64.5 Å². The molecular weight excluding hydrogens is 470 g/mol. The van der Waals surface area contributed by atoms with Gasteiger partial charge in [-0.25, -0.2) is 0 Å². The van der Waals surface area contributed by atoms with Crippen molar-refractivity contribution in [2.75, 3.05) is 27.9 Å². The van der Waals surface area contributed by atoms with Gasteiger partial charge < -0.3 is 29.0 Å². The first-order valence-corrected chi connectivity index (χ1v) is 12.4. The van der Waals surface area contributed by atoms with Crippen molar-refractivity contribution in [3.8, 4) is 0 Å². The Morgan fingerprint density at radius 3 is 1.59 bits per heavy atom. The molecule has 5 atom stereocenters. The number of hydrogen-bond acceptors (Lipinski definition) is 6. The van der Waals surface area contributed by atoms with Gasteiger partial charge >= 0.3 is 0 Å². The number of benzene rings is 3. The fourth-order valence-electron chi connectivity index (χ4n) is 5.17. The van der Waals surface area contributed by atoms with Gasteiger partial charge in [0.2, 0.25) is 5.91 Å². The van der Waals surface area contributed by atoms with E-state index in [0.717, 1.165) is 16.7 Å². The Bertz CT molecular complexity index is 1010. The predicted octanol–water partition coefficient (Wildman–Crippen LogP) is 3.90. The molecule has 7 nitrogen and oxygen atoms in total. The lowest BCUT2D eigenvalue weighted by Gasteiger charge is -2.46. The van der Waals surface area contributed by atoms with Gasteiger partial charge in [-0.3, -0.25) is 4.79 Å². The van der Waals surface area contributed by atoms with Crippen LogP contribution in [-0.2, 0) is 34.1 Å². The Balaban J connectivity index is 1.75. The first-order valence-electron chi connectivity index (χ1n) is 12.4. The van der Waals surface area contributed by atoms with Crippen molar-refractivity contribution >= 4 is 5.91 Å². The molecule has 0 unspecified atom stereocenters. The summed E-state index contributed by atoms with van der Waals surface area (Å²) in [5.41, 5.74) is 2.05. The number of hydrogen-bond donors (Lipinski definition) is 1. The first kappa shape index (κ1) is 27.0. The SMILES string of the molecule is CO[C@H]1O[C@H](COC(c2ccccc2)(c2ccccc2)c2ccccc2)[C@@H](OC)[C@H](OC)[C@H]1NC(C)=O. The zero-order valence-electron chi connectivity index (χ0n) is 21.7. The summed E-state index contributed by atoms with van der Waals surface area (Å²) in [7, 11) is 4.73. The Hall–Kier alpha value is -3.07. The molecule has 0 aromatic heterocycles. The lowest BCUT2D eigenvalue weighted by atomic mass is 9.80. The highest BCUT2D eigenvalue weighted by atomic mass is 16.7. The van der Waals surface area contributed by atoms with Crippen molar-refractivity contribution < 1.29 is 28.5 Å². The van der Waals surface area contributed by atoms with E-state index in [2.05, 4.69) is 41.7 Å². The molecule has 1 aliphatic rings. The molecule has 3 aromatic rings. The van der Waals surface area contributed by atoms with E-state index in [1.54, 1.807) is 21.3 Å². The fraction of sp³-hybridized carbons (Fsp3) is 0.367. The Kier molecular flexibility index (Phi) is 9.08. The van der Waals surface area contributed by atoms with E-state index in [1.165, 1.54) is 6.92 Å². The van der Waals surface area contributed by atoms with E-state index in [0.29, 0.717) is 0 Å². The van der Waals surface area contributed by atoms with Gasteiger partial charge in [0.15, 0.2) is 6.29 Å². The van der Waals surface area contributed by atoms with E-state index in [1.807, 2.05) is 54.6 Å². The number of nitrogens with one attached hydrogen (secondary N) is 1. The molecule has 0 radical (unpaired) electrons. The van der Waals surface area contributed by atoms with Crippen molar-refractivity contribution in [3.63, 3.8) is 0 Å². The van der Waals surface area contributed by atoms with Gasteiger partial charge in [0.05, 0.1) is 6.61 Å². The molecule has 7 heteroatoms. The molecule has 1 N–H and O–H groups in total. The van der Waals surface area contributed by atoms with Crippen LogP contribution in [0.3, 0.4) is 0 Å². The molecule has 1 heterocycles. The second kappa shape index (κ2) is 12.4. The zero-order valence-corrected chi connectivity index (χ0v) is 21.7. The van der Waals surface area contributed by atoms with E-state index in [-0.39, 0.29) is 12.5 Å². The fourth-order valence-corrected chi connectivity index (χ4v) is 5.17. The zero-order chi connectivity index (χ0) is 26.3. The molecule has 1 saturated heterocycles. The van der Waals surface area contributed by atoms with Crippen molar-refractivity contribution in [1.82, 2.24) is 5.32 Å². The minimum atomic E-state index is -0.912. The maximum absolute atomic E-state index is 11.9. The smallest absolute Gasteiger partial charge is 0.217 e. The molecule has 3 aromatic carbocycles. The summed E-state index contributed by atoms with van der Waals surface area (Å²) in [6.45, 7) is 1.62. The summed E-state index contributed by atoms with van der Waals surface area (Å²) in [5.74, 6) is -0.210. The molecule has 0 aliphatic carbocycles. The molecule has 0 bridgehead atoms. The maximum atomic E-state index is 11.9. The van der Waals surface area contributed by atoms with Gasteiger partial charge in [-0.2, -0.15) is 0 Å². The average Bonchev–Trinajstić information content (AvgIpc) is 2.95. The standard InChI is InChI=1S/C30H35NO6/c1-21(32)31-26-28(34-3)27(33-2)25(37-29(26)35-4)20-36-30(22-14-8-5-9-15-22,23-16-10-6-11-17-23)24-18-12-7-13-19-24/h5-19,25-29H,20H2,1-4H3,(H,31,32)/t25-,26-,27-,28-,29+/m1/s1. The van der Waals surface area contributed by atoms with Crippen molar-refractivity contribution in [1.29, 1.82) is 0 Å². The summed E-state index contributed by atoms with van der Waals surface area (Å²) >= 11 is 0. The molecule has 1 fully saturated rings. The van der Waals surface area contributed by atoms with Crippen LogP contribution in [0, 0.1) is 0 Å². The van der Waals surface area contributed by atoms with Crippen LogP contribution in [0.1, 0.15) is 23.6 Å². The summed E-state index contributed by atoms with van der Waals surface area (Å²) in [6.07, 6.45) is -2.32. The van der Waals surface area contributed by atoms with E-state index in [4.69, 9.17) is 23.7 Å². The Morgan fingerprint density at radius 1 is 0.757 bits per heavy atom. The highest BCUT2D eigenvalue weighted by Crippen LogP contribution is 2.41. The lowest BCUT2D eigenvalue weighted by molar-refractivity contribution is -0.277. The van der Waals surface area contributed by atoms with Crippen LogP contribution < -0.4 is 5.32 Å². The van der Waals surface area contributed by atoms with Gasteiger partial charge in [0.1, 0.15) is 30.0 Å². The number of rotatable bonds is 10.